The lowest BCUT2D eigenvalue weighted by Crippen LogP contribution is -2.25. The quantitative estimate of drug-likeness (QED) is 0.306. The fourth-order valence-electron chi connectivity index (χ4n) is 5.02. The SMILES string of the molecule is C[n+]1ccc(-c2c3nc(cc4ccc([nH]4)c(-c4cc[n+](C)cc4)c4ccc(cc5nc2C=C5)[nH]4)C=C3)cc1. The molecule has 0 saturated carbocycles. The Balaban J connectivity index is 1.56. The number of H-pyrrole nitrogens is 2. The molecular weight excluding hydrogens is 468 g/mol. The van der Waals surface area contributed by atoms with E-state index in [4.69, 9.17) is 9.97 Å². The second-order valence-corrected chi connectivity index (χ2v) is 9.71. The molecule has 6 nitrogen and oxygen atoms in total. The molecule has 7 rings (SSSR count). The molecule has 2 aliphatic rings. The summed E-state index contributed by atoms with van der Waals surface area (Å²) in [4.78, 5) is 17.2. The van der Waals surface area contributed by atoms with Gasteiger partial charge in [0.05, 0.1) is 22.8 Å². The van der Waals surface area contributed by atoms with Gasteiger partial charge in [-0.2, -0.15) is 0 Å². The van der Waals surface area contributed by atoms with Crippen LogP contribution in [0.1, 0.15) is 22.8 Å². The maximum absolute atomic E-state index is 5.00. The van der Waals surface area contributed by atoms with Gasteiger partial charge >= 0.3 is 0 Å². The van der Waals surface area contributed by atoms with Crippen LogP contribution in [0, 0.1) is 0 Å². The second-order valence-electron chi connectivity index (χ2n) is 9.71. The summed E-state index contributed by atoms with van der Waals surface area (Å²) in [5.74, 6) is 0. The number of aryl methyl sites for hydroxylation is 2. The molecular formula is C32H26N6+2. The molecule has 0 fully saturated rings. The van der Waals surface area contributed by atoms with Gasteiger partial charge < -0.3 is 9.97 Å². The van der Waals surface area contributed by atoms with E-state index in [1.54, 1.807) is 0 Å². The van der Waals surface area contributed by atoms with Crippen LogP contribution in [0.2, 0.25) is 0 Å². The molecule has 0 spiro atoms. The highest BCUT2D eigenvalue weighted by atomic mass is 14.9. The highest BCUT2D eigenvalue weighted by molar-refractivity contribution is 5.94. The van der Waals surface area contributed by atoms with Gasteiger partial charge in [-0.15, -0.1) is 0 Å². The largest absolute Gasteiger partial charge is 0.355 e. The summed E-state index contributed by atoms with van der Waals surface area (Å²) in [7, 11) is 4.05. The van der Waals surface area contributed by atoms with Crippen LogP contribution >= 0.6 is 0 Å². The Hall–Kier alpha value is -5.10. The number of nitrogens with one attached hydrogen (secondary N) is 2. The number of rotatable bonds is 2. The van der Waals surface area contributed by atoms with Crippen molar-refractivity contribution in [3.8, 4) is 22.3 Å². The minimum atomic E-state index is 0.897. The van der Waals surface area contributed by atoms with Crippen molar-refractivity contribution >= 4 is 46.4 Å². The van der Waals surface area contributed by atoms with Gasteiger partial charge in [0.2, 0.25) is 0 Å². The third-order valence-corrected chi connectivity index (χ3v) is 6.93. The molecule has 0 saturated heterocycles. The van der Waals surface area contributed by atoms with Gasteiger partial charge in [-0.05, 0) is 71.8 Å². The summed E-state index contributed by atoms with van der Waals surface area (Å²) in [6, 6.07) is 21.1. The lowest BCUT2D eigenvalue weighted by atomic mass is 10.0. The van der Waals surface area contributed by atoms with Gasteiger partial charge in [0.1, 0.15) is 14.1 Å². The molecule has 0 radical (unpaired) electrons. The number of aromatic amines is 2. The summed E-state index contributed by atoms with van der Waals surface area (Å²) in [5, 5.41) is 0. The molecule has 2 aliphatic heterocycles. The molecule has 5 aromatic heterocycles. The molecule has 0 atom stereocenters. The normalized spacial score (nSPS) is 12.3. The zero-order chi connectivity index (χ0) is 25.6. The molecule has 6 heteroatoms. The van der Waals surface area contributed by atoms with Crippen LogP contribution in [-0.4, -0.2) is 19.9 Å². The standard InChI is InChI=1S/C32H25N6/c1-37-15-11-21(12-16-37)31-27-7-3-23(33-27)19-25-5-9-29(35-25)32(22-13-17-38(2)18-14-22)30-10-6-26(36-30)20-24-4-8-28(31)34-24/h3-20H,1-2H3,(H,33,34,35,36)/q+1/p+1. The lowest BCUT2D eigenvalue weighted by molar-refractivity contribution is -0.671. The van der Waals surface area contributed by atoms with Crippen molar-refractivity contribution in [2.75, 3.05) is 0 Å². The van der Waals surface area contributed by atoms with Crippen molar-refractivity contribution in [2.24, 2.45) is 14.1 Å². The van der Waals surface area contributed by atoms with Gasteiger partial charge in [0.25, 0.3) is 0 Å². The van der Waals surface area contributed by atoms with E-state index in [-0.39, 0.29) is 0 Å². The Morgan fingerprint density at radius 2 is 0.974 bits per heavy atom. The van der Waals surface area contributed by atoms with Gasteiger partial charge in [-0.25, -0.2) is 19.1 Å². The van der Waals surface area contributed by atoms with Gasteiger partial charge in [0, 0.05) is 57.5 Å². The van der Waals surface area contributed by atoms with Crippen LogP contribution in [0.25, 0.3) is 68.6 Å². The van der Waals surface area contributed by atoms with Gasteiger partial charge in [-0.3, -0.25) is 0 Å². The molecule has 182 valence electrons. The Kier molecular flexibility index (Phi) is 5.11. The van der Waals surface area contributed by atoms with Crippen molar-refractivity contribution in [3.05, 3.63) is 108 Å². The first-order chi connectivity index (χ1) is 18.6. The van der Waals surface area contributed by atoms with Gasteiger partial charge in [-0.1, -0.05) is 0 Å². The zero-order valence-electron chi connectivity index (χ0n) is 21.2. The fourth-order valence-corrected chi connectivity index (χ4v) is 5.02. The topological polar surface area (TPSA) is 65.1 Å². The van der Waals surface area contributed by atoms with Gasteiger partial charge in [0.15, 0.2) is 24.8 Å². The monoisotopic (exact) mass is 494 g/mol. The number of pyridine rings is 2. The summed E-state index contributed by atoms with van der Waals surface area (Å²) in [6.07, 6.45) is 16.5. The average molecular weight is 495 g/mol. The van der Waals surface area contributed by atoms with E-state index in [1.807, 2.05) is 23.2 Å². The van der Waals surface area contributed by atoms with Crippen molar-refractivity contribution in [1.29, 1.82) is 0 Å². The molecule has 7 heterocycles. The van der Waals surface area contributed by atoms with Crippen LogP contribution in [-0.2, 0) is 14.1 Å². The van der Waals surface area contributed by atoms with Crippen LogP contribution < -0.4 is 9.13 Å². The molecule has 38 heavy (non-hydrogen) atoms. The summed E-state index contributed by atoms with van der Waals surface area (Å²) in [5.41, 5.74) is 12.0. The zero-order valence-corrected chi connectivity index (χ0v) is 21.2. The molecule has 0 aliphatic carbocycles. The Morgan fingerprint density at radius 3 is 1.45 bits per heavy atom. The van der Waals surface area contributed by atoms with Crippen molar-refractivity contribution < 1.29 is 9.13 Å². The minimum Gasteiger partial charge on any atom is -0.355 e. The van der Waals surface area contributed by atoms with Crippen molar-refractivity contribution in [3.63, 3.8) is 0 Å². The first kappa shape index (κ1) is 22.1. The highest BCUT2D eigenvalue weighted by Gasteiger charge is 2.15. The number of nitrogens with zero attached hydrogens (tertiary/aromatic N) is 4. The Labute approximate surface area is 220 Å². The van der Waals surface area contributed by atoms with E-state index in [0.29, 0.717) is 0 Å². The predicted molar refractivity (Wildman–Crippen MR) is 152 cm³/mol. The van der Waals surface area contributed by atoms with Crippen LogP contribution in [0.5, 0.6) is 0 Å². The third kappa shape index (κ3) is 4.02. The predicted octanol–water partition coefficient (Wildman–Crippen LogP) is 5.64. The second kappa shape index (κ2) is 8.78. The van der Waals surface area contributed by atoms with Crippen LogP contribution in [0.3, 0.4) is 0 Å². The Bertz CT molecular complexity index is 1830. The summed E-state index contributed by atoms with van der Waals surface area (Å²) < 4.78 is 4.07. The minimum absolute atomic E-state index is 0.897. The fraction of sp³-hybridized carbons (Fsp3) is 0.0625. The number of fused-ring (bicyclic) bond motifs is 8. The summed E-state index contributed by atoms with van der Waals surface area (Å²) in [6.45, 7) is 0. The maximum Gasteiger partial charge on any atom is 0.169 e. The van der Waals surface area contributed by atoms with Crippen LogP contribution in [0.15, 0.2) is 85.5 Å². The van der Waals surface area contributed by atoms with E-state index < -0.39 is 0 Å². The third-order valence-electron chi connectivity index (χ3n) is 6.93. The van der Waals surface area contributed by atoms with E-state index in [1.165, 1.54) is 0 Å². The number of aromatic nitrogens is 6. The molecule has 5 aromatic rings. The number of hydrogen-bond donors (Lipinski definition) is 2. The molecule has 8 bridgehead atoms. The van der Waals surface area contributed by atoms with E-state index in [2.05, 4.69) is 120 Å². The first-order valence-corrected chi connectivity index (χ1v) is 12.6. The van der Waals surface area contributed by atoms with Crippen molar-refractivity contribution in [2.45, 2.75) is 0 Å². The highest BCUT2D eigenvalue weighted by Crippen LogP contribution is 2.31. The van der Waals surface area contributed by atoms with Crippen molar-refractivity contribution in [1.82, 2.24) is 19.9 Å². The van der Waals surface area contributed by atoms with E-state index >= 15 is 0 Å². The lowest BCUT2D eigenvalue weighted by Gasteiger charge is -2.03. The molecule has 2 N–H and O–H groups in total. The maximum atomic E-state index is 5.00. The first-order valence-electron chi connectivity index (χ1n) is 12.6. The van der Waals surface area contributed by atoms with Crippen LogP contribution in [0.4, 0.5) is 0 Å². The summed E-state index contributed by atoms with van der Waals surface area (Å²) >= 11 is 0. The molecule has 0 aromatic carbocycles. The average Bonchev–Trinajstić information content (AvgIpc) is 3.72. The van der Waals surface area contributed by atoms with E-state index in [0.717, 1.165) is 67.1 Å². The molecule has 0 unspecified atom stereocenters. The smallest absolute Gasteiger partial charge is 0.169 e. The molecule has 0 amide bonds. The number of hydrogen-bond acceptors (Lipinski definition) is 2. The Morgan fingerprint density at radius 1 is 0.526 bits per heavy atom. The van der Waals surface area contributed by atoms with E-state index in [9.17, 15) is 0 Å².